The van der Waals surface area contributed by atoms with Gasteiger partial charge in [0.2, 0.25) is 0 Å². The number of rotatable bonds is 18. The standard InChI is InChI=1S/C28H33F5N4O5S.C27H32F5N3O4S/c29-27(30,28(31,32)33)11-10-20-17-35-23(18-34-20)19-4-8-22(9-5-19)43(39,40)26(12-14-37(15-13-26)21-6-7-21)25(38)36-42-24-3-1-2-16-41-24;1-24(2,3)39-23(36)25(12-14-35(15-13-25)20-6-7-20)40(37,38)21-8-4-18(5-9-21)22-17-33-19(16-34-22)10-11-26(28,29)27(30,31)32/h4-5,8-9,17-18,21,24H,1-3,6-7,10-16H2,(H,36,38);4-5,8-9,16-17,20H,6-7,10-15H2,1-3H3. The number of alkyl halides is 10. The van der Waals surface area contributed by atoms with Gasteiger partial charge in [0.15, 0.2) is 35.5 Å². The lowest BCUT2D eigenvalue weighted by atomic mass is 9.94. The van der Waals surface area contributed by atoms with Crippen molar-refractivity contribution in [1.82, 2.24) is 35.2 Å². The number of hydroxylamine groups is 1. The molecule has 3 aliphatic heterocycles. The number of esters is 1. The highest BCUT2D eigenvalue weighted by Crippen LogP contribution is 2.44. The third kappa shape index (κ3) is 14.6. The molecule has 0 spiro atoms. The minimum atomic E-state index is -5.65. The molecule has 2 saturated carbocycles. The molecule has 2 aromatic carbocycles. The first-order valence-electron chi connectivity index (χ1n) is 27.3. The fourth-order valence-electron chi connectivity index (χ4n) is 10.1. The Kier molecular flexibility index (Phi) is 18.8. The summed E-state index contributed by atoms with van der Waals surface area (Å²) in [6, 6.07) is 12.2. The number of halogens is 10. The van der Waals surface area contributed by atoms with Crippen molar-refractivity contribution in [3.63, 3.8) is 0 Å². The van der Waals surface area contributed by atoms with Gasteiger partial charge in [-0.3, -0.25) is 29.5 Å². The van der Waals surface area contributed by atoms with Crippen LogP contribution in [0.4, 0.5) is 43.9 Å². The van der Waals surface area contributed by atoms with Crippen LogP contribution in [-0.4, -0.2) is 149 Å². The predicted molar refractivity (Wildman–Crippen MR) is 280 cm³/mol. The Morgan fingerprint density at radius 2 is 1.00 bits per heavy atom. The van der Waals surface area contributed by atoms with Crippen molar-refractivity contribution < 1.29 is 84.6 Å². The summed E-state index contributed by atoms with van der Waals surface area (Å²) in [5.41, 5.74) is 2.86. The molecule has 3 saturated heterocycles. The van der Waals surface area contributed by atoms with E-state index in [1.807, 2.05) is 0 Å². The van der Waals surface area contributed by atoms with Gasteiger partial charge in [-0.05, 0) is 122 Å². The second-order valence-electron chi connectivity index (χ2n) is 22.6. The molecular formula is C55H65F10N7O9S2. The Bertz CT molecular complexity index is 3100. The maximum atomic E-state index is 14.1. The van der Waals surface area contributed by atoms with E-state index in [1.165, 1.54) is 60.9 Å². The van der Waals surface area contributed by atoms with Gasteiger partial charge in [0.1, 0.15) is 5.60 Å². The minimum Gasteiger partial charge on any atom is -0.459 e. The van der Waals surface area contributed by atoms with Crippen molar-refractivity contribution >= 4 is 31.6 Å². The molecule has 2 aliphatic carbocycles. The SMILES string of the molecule is CC(C)(C)OC(=O)C1(S(=O)(=O)c2ccc(-c3cnc(CCC(F)(F)C(F)(F)F)cn3)cc2)CCN(C2CC2)CC1.O=C(NOC1CCCCO1)C1(S(=O)(=O)c2ccc(-c3cnc(CCC(F)(F)C(F)(F)F)cn3)cc2)CCN(C2CC2)CC1. The van der Waals surface area contributed by atoms with Crippen LogP contribution in [0.15, 0.2) is 83.1 Å². The van der Waals surface area contributed by atoms with Crippen LogP contribution in [0.25, 0.3) is 22.5 Å². The zero-order valence-corrected chi connectivity index (χ0v) is 47.4. The lowest BCUT2D eigenvalue weighted by Crippen LogP contribution is -2.58. The van der Waals surface area contributed by atoms with E-state index < -0.39 is 103 Å². The molecular weight excluding hydrogens is 1160 g/mol. The van der Waals surface area contributed by atoms with E-state index in [1.54, 1.807) is 20.8 Å². The average molecular weight is 1220 g/mol. The fourth-order valence-corrected chi connectivity index (χ4v) is 14.0. The van der Waals surface area contributed by atoms with Crippen LogP contribution < -0.4 is 5.48 Å². The van der Waals surface area contributed by atoms with Crippen molar-refractivity contribution in [1.29, 1.82) is 0 Å². The summed E-state index contributed by atoms with van der Waals surface area (Å²) in [6.45, 7) is 7.40. The van der Waals surface area contributed by atoms with Gasteiger partial charge in [-0.1, -0.05) is 24.3 Å². The number of ether oxygens (including phenoxy) is 2. The number of likely N-dealkylation sites (tertiary alicyclic amines) is 2. The van der Waals surface area contributed by atoms with Gasteiger partial charge in [-0.15, -0.1) is 0 Å². The number of benzene rings is 2. The molecule has 0 radical (unpaired) electrons. The Morgan fingerprint density at radius 1 is 0.590 bits per heavy atom. The van der Waals surface area contributed by atoms with Gasteiger partial charge in [0, 0.05) is 87.7 Å². The van der Waals surface area contributed by atoms with Crippen LogP contribution in [0, 0.1) is 0 Å². The molecule has 2 aromatic heterocycles. The molecule has 456 valence electrons. The van der Waals surface area contributed by atoms with Crippen LogP contribution in [-0.2, 0) is 56.4 Å². The first kappa shape index (κ1) is 63.6. The first-order valence-corrected chi connectivity index (χ1v) is 30.2. The molecule has 5 fully saturated rings. The predicted octanol–water partition coefficient (Wildman–Crippen LogP) is 10.0. The molecule has 83 heavy (non-hydrogen) atoms. The second kappa shape index (κ2) is 24.5. The van der Waals surface area contributed by atoms with Gasteiger partial charge in [-0.2, -0.15) is 43.9 Å². The maximum Gasteiger partial charge on any atom is 0.453 e. The molecule has 0 bridgehead atoms. The number of carbonyl (C=O) groups excluding carboxylic acids is 2. The number of nitrogens with zero attached hydrogens (tertiary/aromatic N) is 6. The highest BCUT2D eigenvalue weighted by Gasteiger charge is 2.59. The van der Waals surface area contributed by atoms with Crippen LogP contribution >= 0.6 is 0 Å². The molecule has 28 heteroatoms. The molecule has 1 unspecified atom stereocenters. The zero-order chi connectivity index (χ0) is 60.4. The van der Waals surface area contributed by atoms with E-state index in [9.17, 15) is 70.3 Å². The quantitative estimate of drug-likeness (QED) is 0.0560. The Labute approximate surface area is 474 Å². The number of hydrogen-bond donors (Lipinski definition) is 1. The molecule has 1 atom stereocenters. The second-order valence-corrected chi connectivity index (χ2v) is 27.1. The normalized spacial score (nSPS) is 20.4. The number of aromatic nitrogens is 4. The minimum absolute atomic E-state index is 0.0382. The monoisotopic (exact) mass is 1220 g/mol. The van der Waals surface area contributed by atoms with E-state index in [-0.39, 0.29) is 58.2 Å². The summed E-state index contributed by atoms with van der Waals surface area (Å²) in [5, 5.41) is 0. The van der Waals surface area contributed by atoms with E-state index in [0.717, 1.165) is 50.9 Å². The van der Waals surface area contributed by atoms with Crippen molar-refractivity contribution in [3.05, 3.63) is 84.7 Å². The van der Waals surface area contributed by atoms with Crippen LogP contribution in [0.2, 0.25) is 0 Å². The Balaban J connectivity index is 0.000000217. The fraction of sp³-hybridized carbons (Fsp3) is 0.600. The van der Waals surface area contributed by atoms with E-state index in [4.69, 9.17) is 14.3 Å². The number of nitrogens with one attached hydrogen (secondary N) is 1. The number of carbonyl (C=O) groups is 2. The Hall–Kier alpha value is -5.42. The summed E-state index contributed by atoms with van der Waals surface area (Å²) in [6.07, 6.45) is -4.43. The number of piperidine rings is 2. The summed E-state index contributed by atoms with van der Waals surface area (Å²) in [4.78, 5) is 52.8. The molecule has 16 nitrogen and oxygen atoms in total. The smallest absolute Gasteiger partial charge is 0.453 e. The Morgan fingerprint density at radius 3 is 1.35 bits per heavy atom. The molecule has 5 aliphatic rings. The average Bonchev–Trinajstić information content (AvgIpc) is 4.56. The van der Waals surface area contributed by atoms with E-state index >= 15 is 0 Å². The van der Waals surface area contributed by atoms with Gasteiger partial charge in [-0.25, -0.2) is 27.2 Å². The van der Waals surface area contributed by atoms with E-state index in [0.29, 0.717) is 62.4 Å². The number of amides is 1. The van der Waals surface area contributed by atoms with Crippen LogP contribution in [0.3, 0.4) is 0 Å². The highest BCUT2D eigenvalue weighted by atomic mass is 32.2. The summed E-state index contributed by atoms with van der Waals surface area (Å²) in [5.74, 6) is -11.2. The topological polar surface area (TPSA) is 200 Å². The number of sulfone groups is 2. The van der Waals surface area contributed by atoms with Gasteiger partial charge >= 0.3 is 30.2 Å². The van der Waals surface area contributed by atoms with Gasteiger partial charge in [0.05, 0.1) is 45.0 Å². The lowest BCUT2D eigenvalue weighted by molar-refractivity contribution is -0.284. The maximum absolute atomic E-state index is 14.1. The van der Waals surface area contributed by atoms with Gasteiger partial charge < -0.3 is 19.3 Å². The molecule has 1 amide bonds. The highest BCUT2D eigenvalue weighted by molar-refractivity contribution is 7.94. The largest absolute Gasteiger partial charge is 0.459 e. The summed E-state index contributed by atoms with van der Waals surface area (Å²) >= 11 is 0. The van der Waals surface area contributed by atoms with Crippen LogP contribution in [0.1, 0.15) is 116 Å². The number of aryl methyl sites for hydroxylation is 2. The van der Waals surface area contributed by atoms with Crippen LogP contribution in [0.5, 0.6) is 0 Å². The molecule has 4 aromatic rings. The molecule has 1 N–H and O–H groups in total. The first-order chi connectivity index (χ1) is 38.8. The summed E-state index contributed by atoms with van der Waals surface area (Å²) in [7, 11) is -8.37. The summed E-state index contributed by atoms with van der Waals surface area (Å²) < 4.78 is 191. The number of hydrogen-bond acceptors (Lipinski definition) is 15. The zero-order valence-electron chi connectivity index (χ0n) is 45.8. The molecule has 9 rings (SSSR count). The van der Waals surface area contributed by atoms with E-state index in [2.05, 4.69) is 35.2 Å². The lowest BCUT2D eigenvalue weighted by Gasteiger charge is -2.40. The molecule has 5 heterocycles. The third-order valence-corrected chi connectivity index (χ3v) is 20.5. The van der Waals surface area contributed by atoms with Crippen molar-refractivity contribution in [2.45, 2.75) is 185 Å². The van der Waals surface area contributed by atoms with Crippen molar-refractivity contribution in [2.24, 2.45) is 0 Å². The van der Waals surface area contributed by atoms with Crippen molar-refractivity contribution in [2.75, 3.05) is 32.8 Å². The van der Waals surface area contributed by atoms with Gasteiger partial charge in [0.25, 0.3) is 5.91 Å². The van der Waals surface area contributed by atoms with Crippen molar-refractivity contribution in [3.8, 4) is 22.5 Å². The third-order valence-electron chi connectivity index (χ3n) is 15.5.